The molecular weight excluding hydrogens is 112 g/mol. The van der Waals surface area contributed by atoms with Crippen molar-refractivity contribution in [2.24, 2.45) is 17.3 Å². The molecule has 0 radical (unpaired) electrons. The number of rotatable bonds is 2. The Balaban J connectivity index is 1.84. The molecule has 1 aliphatic heterocycles. The Bertz CT molecular complexity index is 199. The predicted molar refractivity (Wildman–Crippen MR) is 33.5 cm³/mol. The smallest absolute Gasteiger partial charge is 0.142 e. The molecule has 0 aromatic rings. The molecule has 0 saturated heterocycles. The van der Waals surface area contributed by atoms with Gasteiger partial charge in [-0.2, -0.15) is 0 Å². The van der Waals surface area contributed by atoms with E-state index in [9.17, 15) is 0 Å². The summed E-state index contributed by atoms with van der Waals surface area (Å²) in [4.78, 5) is 0. The van der Waals surface area contributed by atoms with E-state index in [1.807, 2.05) is 6.26 Å². The normalized spacial score (nSPS) is 52.6. The third-order valence-corrected chi connectivity index (χ3v) is 3.29. The largest absolute Gasteiger partial charge is 0.462 e. The molecule has 1 heteroatoms. The molecular formula is C8H10O. The number of hydrogen-bond donors (Lipinski definition) is 0. The van der Waals surface area contributed by atoms with Crippen molar-refractivity contribution in [1.82, 2.24) is 0 Å². The van der Waals surface area contributed by atoms with Gasteiger partial charge in [-0.1, -0.05) is 6.92 Å². The number of fused-ring (bicyclic) bond motifs is 1. The fourth-order valence-electron chi connectivity index (χ4n) is 1.97. The second-order valence-corrected chi connectivity index (χ2v) is 3.70. The van der Waals surface area contributed by atoms with E-state index in [1.54, 1.807) is 0 Å². The van der Waals surface area contributed by atoms with Gasteiger partial charge in [-0.25, -0.2) is 0 Å². The molecule has 1 nitrogen and oxygen atoms in total. The maximum atomic E-state index is 5.06. The first-order valence-electron chi connectivity index (χ1n) is 3.70. The van der Waals surface area contributed by atoms with E-state index in [4.69, 9.17) is 4.74 Å². The molecule has 2 saturated carbocycles. The summed E-state index contributed by atoms with van der Waals surface area (Å²) in [7, 11) is 0. The van der Waals surface area contributed by atoms with Crippen molar-refractivity contribution in [1.29, 1.82) is 0 Å². The quantitative estimate of drug-likeness (QED) is 0.545. The first-order valence-corrected chi connectivity index (χ1v) is 3.70. The van der Waals surface area contributed by atoms with E-state index < -0.39 is 0 Å². The van der Waals surface area contributed by atoms with Crippen LogP contribution in [-0.4, -0.2) is 0 Å². The highest BCUT2D eigenvalue weighted by atomic mass is 16.5. The summed E-state index contributed by atoms with van der Waals surface area (Å²) in [6.45, 7) is 2.30. The Kier molecular flexibility index (Phi) is 0.456. The van der Waals surface area contributed by atoms with Crippen LogP contribution < -0.4 is 0 Å². The molecule has 3 aliphatic rings. The molecule has 9 heavy (non-hydrogen) atoms. The van der Waals surface area contributed by atoms with E-state index >= 15 is 0 Å². The van der Waals surface area contributed by atoms with Crippen molar-refractivity contribution >= 4 is 0 Å². The zero-order valence-corrected chi connectivity index (χ0v) is 5.55. The fraction of sp³-hybridized carbons (Fsp3) is 0.750. The number of allylic oxidation sites excluding steroid dienone is 1. The van der Waals surface area contributed by atoms with Gasteiger partial charge in [0.15, 0.2) is 0 Å². The lowest BCUT2D eigenvalue weighted by molar-refractivity contribution is 0.376. The second-order valence-electron chi connectivity index (χ2n) is 3.70. The Hall–Kier alpha value is -0.460. The van der Waals surface area contributed by atoms with Crippen LogP contribution in [0.25, 0.3) is 0 Å². The fourth-order valence-corrected chi connectivity index (χ4v) is 1.97. The zero-order chi connectivity index (χ0) is 6.06. The van der Waals surface area contributed by atoms with Gasteiger partial charge in [0.1, 0.15) is 12.0 Å². The predicted octanol–water partition coefficient (Wildman–Crippen LogP) is 1.90. The Morgan fingerprint density at radius 2 is 2.33 bits per heavy atom. The van der Waals surface area contributed by atoms with Crippen LogP contribution in [-0.2, 0) is 4.74 Å². The number of ether oxygens (including phenoxy) is 1. The van der Waals surface area contributed by atoms with E-state index in [0.29, 0.717) is 0 Å². The average Bonchev–Trinajstić information content (AvgIpc) is 2.60. The molecule has 3 rings (SSSR count). The molecule has 0 aromatic carbocycles. The summed E-state index contributed by atoms with van der Waals surface area (Å²) < 4.78 is 5.06. The van der Waals surface area contributed by atoms with Gasteiger partial charge in [0, 0.05) is 5.92 Å². The summed E-state index contributed by atoms with van der Waals surface area (Å²) in [5.74, 6) is 3.11. The van der Waals surface area contributed by atoms with Crippen molar-refractivity contribution in [2.45, 2.75) is 19.8 Å². The SMILES string of the molecule is CC(C1=CO1)[C@]12C[C@@H]1C2. The Morgan fingerprint density at radius 1 is 1.78 bits per heavy atom. The zero-order valence-electron chi connectivity index (χ0n) is 5.55. The minimum Gasteiger partial charge on any atom is -0.462 e. The minimum absolute atomic E-state index is 0.752. The van der Waals surface area contributed by atoms with Crippen molar-refractivity contribution in [3.8, 4) is 0 Å². The van der Waals surface area contributed by atoms with Gasteiger partial charge >= 0.3 is 0 Å². The van der Waals surface area contributed by atoms with Crippen molar-refractivity contribution < 1.29 is 4.74 Å². The maximum absolute atomic E-state index is 5.06. The molecule has 1 heterocycles. The molecule has 0 spiro atoms. The summed E-state index contributed by atoms with van der Waals surface area (Å²) in [5, 5.41) is 0. The lowest BCUT2D eigenvalue weighted by atomic mass is 9.98. The first kappa shape index (κ1) is 4.37. The van der Waals surface area contributed by atoms with Crippen LogP contribution in [0.2, 0.25) is 0 Å². The average molecular weight is 122 g/mol. The highest BCUT2D eigenvalue weighted by Gasteiger charge is 2.73. The molecule has 1 unspecified atom stereocenters. The van der Waals surface area contributed by atoms with Crippen molar-refractivity contribution in [2.75, 3.05) is 0 Å². The standard InChI is InChI=1S/C8H10O/c1-5(7-4-9-7)8-2-6(8)3-8/h4-6H,2-3H2,1H3/t5?,6-,8-. The number of hydrogen-bond acceptors (Lipinski definition) is 1. The molecule has 1 atom stereocenters. The lowest BCUT2D eigenvalue weighted by Gasteiger charge is -2.06. The van der Waals surface area contributed by atoms with Gasteiger partial charge in [0.2, 0.25) is 0 Å². The van der Waals surface area contributed by atoms with Crippen LogP contribution in [0.15, 0.2) is 12.0 Å². The van der Waals surface area contributed by atoms with Crippen LogP contribution in [0.3, 0.4) is 0 Å². The van der Waals surface area contributed by atoms with E-state index in [2.05, 4.69) is 6.92 Å². The maximum Gasteiger partial charge on any atom is 0.142 e. The molecule has 0 aromatic heterocycles. The van der Waals surface area contributed by atoms with Crippen LogP contribution in [0, 0.1) is 17.3 Å². The summed E-state index contributed by atoms with van der Waals surface area (Å²) in [6.07, 6.45) is 4.86. The van der Waals surface area contributed by atoms with Crippen LogP contribution >= 0.6 is 0 Å². The van der Waals surface area contributed by atoms with Crippen molar-refractivity contribution in [3.05, 3.63) is 12.0 Å². The van der Waals surface area contributed by atoms with Gasteiger partial charge < -0.3 is 4.74 Å². The third kappa shape index (κ3) is 0.384. The Morgan fingerprint density at radius 3 is 2.67 bits per heavy atom. The topological polar surface area (TPSA) is 12.5 Å². The van der Waals surface area contributed by atoms with Crippen LogP contribution in [0.1, 0.15) is 19.8 Å². The molecule has 2 aliphatic carbocycles. The highest BCUT2D eigenvalue weighted by molar-refractivity contribution is 5.28. The van der Waals surface area contributed by atoms with Crippen LogP contribution in [0.4, 0.5) is 0 Å². The van der Waals surface area contributed by atoms with Gasteiger partial charge in [-0.3, -0.25) is 0 Å². The molecule has 2 fully saturated rings. The highest BCUT2D eigenvalue weighted by Crippen LogP contribution is 2.80. The molecule has 48 valence electrons. The van der Waals surface area contributed by atoms with E-state index in [-0.39, 0.29) is 0 Å². The van der Waals surface area contributed by atoms with Crippen molar-refractivity contribution in [3.63, 3.8) is 0 Å². The lowest BCUT2D eigenvalue weighted by Crippen LogP contribution is -2.01. The Labute approximate surface area is 54.7 Å². The molecule has 0 N–H and O–H groups in total. The molecule has 0 bridgehead atoms. The van der Waals surface area contributed by atoms with Gasteiger partial charge in [-0.15, -0.1) is 0 Å². The first-order chi connectivity index (χ1) is 4.33. The molecule has 0 amide bonds. The van der Waals surface area contributed by atoms with Crippen LogP contribution in [0.5, 0.6) is 0 Å². The minimum atomic E-state index is 0.752. The summed E-state index contributed by atoms with van der Waals surface area (Å²) in [5.41, 5.74) is 0.766. The van der Waals surface area contributed by atoms with Gasteiger partial charge in [0.25, 0.3) is 0 Å². The summed E-state index contributed by atoms with van der Waals surface area (Å²) >= 11 is 0. The second kappa shape index (κ2) is 0.938. The van der Waals surface area contributed by atoms with Gasteiger partial charge in [0.05, 0.1) is 0 Å². The third-order valence-electron chi connectivity index (χ3n) is 3.29. The van der Waals surface area contributed by atoms with Gasteiger partial charge in [-0.05, 0) is 24.2 Å². The summed E-state index contributed by atoms with van der Waals surface area (Å²) in [6, 6.07) is 0. The van der Waals surface area contributed by atoms with E-state index in [0.717, 1.165) is 17.3 Å². The van der Waals surface area contributed by atoms with E-state index in [1.165, 1.54) is 18.6 Å². The monoisotopic (exact) mass is 122 g/mol.